The van der Waals surface area contributed by atoms with Crippen molar-refractivity contribution in [1.82, 2.24) is 4.98 Å². The topological polar surface area (TPSA) is 48.8 Å². The average molecular weight is 161 g/mol. The van der Waals surface area contributed by atoms with Crippen LogP contribution in [0.25, 0.3) is 0 Å². The summed E-state index contributed by atoms with van der Waals surface area (Å²) in [4.78, 5) is 3.94. The van der Waals surface area contributed by atoms with Gasteiger partial charge in [0.15, 0.2) is 0 Å². The van der Waals surface area contributed by atoms with Gasteiger partial charge in [0.05, 0.1) is 17.6 Å². The van der Waals surface area contributed by atoms with E-state index in [4.69, 9.17) is 5.41 Å². The van der Waals surface area contributed by atoms with Crippen molar-refractivity contribution in [2.24, 2.45) is 0 Å². The van der Waals surface area contributed by atoms with Crippen LogP contribution in [-0.2, 0) is 0 Å². The summed E-state index contributed by atoms with van der Waals surface area (Å²) in [6.45, 7) is 1.88. The lowest BCUT2D eigenvalue weighted by atomic mass is 10.3. The molecular formula is C9H11N3. The second-order valence-corrected chi connectivity index (χ2v) is 2.26. The Hall–Kier alpha value is -1.64. The van der Waals surface area contributed by atoms with Gasteiger partial charge in [0.2, 0.25) is 0 Å². The molecule has 1 heterocycles. The number of anilines is 1. The second-order valence-electron chi connectivity index (χ2n) is 2.26. The summed E-state index contributed by atoms with van der Waals surface area (Å²) in [6.07, 6.45) is 6.53. The van der Waals surface area contributed by atoms with Gasteiger partial charge in [-0.1, -0.05) is 6.08 Å². The summed E-state index contributed by atoms with van der Waals surface area (Å²) in [6, 6.07) is 3.75. The van der Waals surface area contributed by atoms with Gasteiger partial charge < -0.3 is 10.7 Å². The SMILES string of the molecule is C/C=C(\C=N)Nc1cccnc1. The van der Waals surface area contributed by atoms with Gasteiger partial charge in [0, 0.05) is 12.4 Å². The van der Waals surface area contributed by atoms with Crippen LogP contribution in [0.1, 0.15) is 6.92 Å². The molecule has 0 unspecified atom stereocenters. The van der Waals surface area contributed by atoms with Gasteiger partial charge in [-0.05, 0) is 19.1 Å². The smallest absolute Gasteiger partial charge is 0.0571 e. The normalized spacial score (nSPS) is 10.9. The van der Waals surface area contributed by atoms with Crippen LogP contribution in [0.15, 0.2) is 36.3 Å². The molecule has 0 fully saturated rings. The molecule has 12 heavy (non-hydrogen) atoms. The molecule has 0 bridgehead atoms. The Bertz CT molecular complexity index is 277. The third kappa shape index (κ3) is 2.20. The highest BCUT2D eigenvalue weighted by molar-refractivity contribution is 5.80. The molecule has 0 aromatic carbocycles. The molecule has 1 aromatic rings. The molecule has 3 nitrogen and oxygen atoms in total. The maximum absolute atomic E-state index is 7.03. The maximum Gasteiger partial charge on any atom is 0.0571 e. The van der Waals surface area contributed by atoms with Crippen LogP contribution in [0.4, 0.5) is 5.69 Å². The van der Waals surface area contributed by atoms with Crippen LogP contribution < -0.4 is 5.32 Å². The quantitative estimate of drug-likeness (QED) is 0.666. The van der Waals surface area contributed by atoms with E-state index in [9.17, 15) is 0 Å². The molecule has 0 radical (unpaired) electrons. The molecule has 3 heteroatoms. The maximum atomic E-state index is 7.03. The van der Waals surface area contributed by atoms with Gasteiger partial charge in [-0.3, -0.25) is 4.98 Å². The summed E-state index contributed by atoms with van der Waals surface area (Å²) < 4.78 is 0. The average Bonchev–Trinajstić information content (AvgIpc) is 2.16. The van der Waals surface area contributed by atoms with Crippen LogP contribution in [-0.4, -0.2) is 11.2 Å². The zero-order chi connectivity index (χ0) is 8.81. The van der Waals surface area contributed by atoms with Crippen molar-refractivity contribution in [2.75, 3.05) is 5.32 Å². The summed E-state index contributed by atoms with van der Waals surface area (Å²) in [7, 11) is 0. The summed E-state index contributed by atoms with van der Waals surface area (Å²) in [5, 5.41) is 10.1. The van der Waals surface area contributed by atoms with Crippen LogP contribution >= 0.6 is 0 Å². The zero-order valence-corrected chi connectivity index (χ0v) is 6.91. The Kier molecular flexibility index (Phi) is 3.02. The van der Waals surface area contributed by atoms with E-state index in [-0.39, 0.29) is 0 Å². The summed E-state index contributed by atoms with van der Waals surface area (Å²) in [5.74, 6) is 0. The van der Waals surface area contributed by atoms with Gasteiger partial charge in [-0.25, -0.2) is 0 Å². The van der Waals surface area contributed by atoms with Crippen LogP contribution in [0, 0.1) is 5.41 Å². The van der Waals surface area contributed by atoms with E-state index in [2.05, 4.69) is 10.3 Å². The van der Waals surface area contributed by atoms with Gasteiger partial charge in [0.25, 0.3) is 0 Å². The number of nitrogens with zero attached hydrogens (tertiary/aromatic N) is 1. The first-order chi connectivity index (χ1) is 5.86. The number of allylic oxidation sites excluding steroid dienone is 2. The Morgan fingerprint density at radius 3 is 3.00 bits per heavy atom. The molecule has 62 valence electrons. The lowest BCUT2D eigenvalue weighted by molar-refractivity contribution is 1.31. The van der Waals surface area contributed by atoms with Crippen molar-refractivity contribution in [3.63, 3.8) is 0 Å². The molecule has 0 saturated heterocycles. The summed E-state index contributed by atoms with van der Waals surface area (Å²) in [5.41, 5.74) is 1.66. The van der Waals surface area contributed by atoms with Gasteiger partial charge in [0.1, 0.15) is 0 Å². The molecule has 0 saturated carbocycles. The second kappa shape index (κ2) is 4.28. The molecule has 1 aromatic heterocycles. The Morgan fingerprint density at radius 1 is 1.67 bits per heavy atom. The Morgan fingerprint density at radius 2 is 2.50 bits per heavy atom. The van der Waals surface area contributed by atoms with Crippen molar-refractivity contribution in [3.05, 3.63) is 36.3 Å². The fourth-order valence-electron chi connectivity index (χ4n) is 0.795. The number of hydrogen-bond acceptors (Lipinski definition) is 3. The van der Waals surface area contributed by atoms with Crippen molar-refractivity contribution in [2.45, 2.75) is 6.92 Å². The first-order valence-electron chi connectivity index (χ1n) is 3.70. The van der Waals surface area contributed by atoms with Crippen LogP contribution in [0.2, 0.25) is 0 Å². The molecule has 0 atom stereocenters. The standard InChI is InChI=1S/C9H11N3/c1-2-8(6-10)12-9-4-3-5-11-7-9/h2-7,10,12H,1H3/b8-2+,10-6?. The minimum atomic E-state index is 0.767. The van der Waals surface area contributed by atoms with Crippen molar-refractivity contribution < 1.29 is 0 Å². The number of aromatic nitrogens is 1. The molecular weight excluding hydrogens is 150 g/mol. The fraction of sp³-hybridized carbons (Fsp3) is 0.111. The van der Waals surface area contributed by atoms with E-state index < -0.39 is 0 Å². The largest absolute Gasteiger partial charge is 0.353 e. The first kappa shape index (κ1) is 8.46. The monoisotopic (exact) mass is 161 g/mol. The van der Waals surface area contributed by atoms with E-state index in [0.717, 1.165) is 11.4 Å². The number of rotatable bonds is 3. The van der Waals surface area contributed by atoms with E-state index >= 15 is 0 Å². The van der Waals surface area contributed by atoms with Gasteiger partial charge in [-0.15, -0.1) is 0 Å². The molecule has 0 spiro atoms. The molecule has 0 aliphatic carbocycles. The Balaban J connectivity index is 2.70. The minimum absolute atomic E-state index is 0.767. The zero-order valence-electron chi connectivity index (χ0n) is 6.91. The van der Waals surface area contributed by atoms with E-state index in [1.807, 2.05) is 25.1 Å². The molecule has 2 N–H and O–H groups in total. The first-order valence-corrected chi connectivity index (χ1v) is 3.70. The highest BCUT2D eigenvalue weighted by Crippen LogP contribution is 2.05. The predicted octanol–water partition coefficient (Wildman–Crippen LogP) is 2.05. The van der Waals surface area contributed by atoms with E-state index in [1.54, 1.807) is 12.4 Å². The fourth-order valence-corrected chi connectivity index (χ4v) is 0.795. The van der Waals surface area contributed by atoms with E-state index in [0.29, 0.717) is 0 Å². The molecule has 0 aliphatic rings. The summed E-state index contributed by atoms with van der Waals surface area (Å²) >= 11 is 0. The number of nitrogens with one attached hydrogen (secondary N) is 2. The minimum Gasteiger partial charge on any atom is -0.353 e. The molecule has 1 rings (SSSR count). The third-order valence-electron chi connectivity index (χ3n) is 1.42. The number of hydrogen-bond donors (Lipinski definition) is 2. The highest BCUT2D eigenvalue weighted by atomic mass is 14.9. The van der Waals surface area contributed by atoms with E-state index in [1.165, 1.54) is 6.21 Å². The highest BCUT2D eigenvalue weighted by Gasteiger charge is 1.91. The van der Waals surface area contributed by atoms with Crippen molar-refractivity contribution in [1.29, 1.82) is 5.41 Å². The van der Waals surface area contributed by atoms with Crippen LogP contribution in [0.5, 0.6) is 0 Å². The number of pyridine rings is 1. The van der Waals surface area contributed by atoms with Crippen molar-refractivity contribution in [3.8, 4) is 0 Å². The Labute approximate surface area is 71.7 Å². The van der Waals surface area contributed by atoms with Crippen molar-refractivity contribution >= 4 is 11.9 Å². The van der Waals surface area contributed by atoms with Gasteiger partial charge in [-0.2, -0.15) is 0 Å². The lowest BCUT2D eigenvalue weighted by Crippen LogP contribution is -1.99. The molecule has 0 aliphatic heterocycles. The predicted molar refractivity (Wildman–Crippen MR) is 50.4 cm³/mol. The third-order valence-corrected chi connectivity index (χ3v) is 1.42. The molecule has 0 amide bonds. The lowest BCUT2D eigenvalue weighted by Gasteiger charge is -2.03. The van der Waals surface area contributed by atoms with Crippen LogP contribution in [0.3, 0.4) is 0 Å². The van der Waals surface area contributed by atoms with Gasteiger partial charge >= 0.3 is 0 Å².